The van der Waals surface area contributed by atoms with E-state index >= 15 is 0 Å². The molecular weight excluding hydrogens is 298 g/mol. The molecule has 2 amide bonds. The van der Waals surface area contributed by atoms with Crippen molar-refractivity contribution in [3.63, 3.8) is 0 Å². The molecule has 1 aromatic heterocycles. The summed E-state index contributed by atoms with van der Waals surface area (Å²) in [7, 11) is 0. The van der Waals surface area contributed by atoms with Gasteiger partial charge in [0.05, 0.1) is 29.7 Å². The van der Waals surface area contributed by atoms with E-state index in [1.807, 2.05) is 23.6 Å². The molecule has 0 fully saturated rings. The number of hydrogen-bond donors (Lipinski definition) is 2. The number of aromatic nitrogens is 1. The molecule has 1 aliphatic heterocycles. The lowest BCUT2D eigenvalue weighted by Gasteiger charge is -2.11. The predicted octanol–water partition coefficient (Wildman–Crippen LogP) is 2.20. The van der Waals surface area contributed by atoms with E-state index in [-0.39, 0.29) is 24.3 Å². The zero-order valence-electron chi connectivity index (χ0n) is 12.3. The first-order valence-electron chi connectivity index (χ1n) is 7.27. The SMILES string of the molecule is CCc1nc(CNC(=O)C[C@@H]2NC(=O)c3ccccc32)cs1. The van der Waals surface area contributed by atoms with Gasteiger partial charge >= 0.3 is 0 Å². The summed E-state index contributed by atoms with van der Waals surface area (Å²) >= 11 is 1.61. The molecule has 22 heavy (non-hydrogen) atoms. The maximum absolute atomic E-state index is 12.1. The Kier molecular flexibility index (Phi) is 4.20. The van der Waals surface area contributed by atoms with Crippen LogP contribution in [0.4, 0.5) is 0 Å². The molecule has 0 saturated carbocycles. The predicted molar refractivity (Wildman–Crippen MR) is 84.6 cm³/mol. The molecule has 114 valence electrons. The number of carbonyl (C=O) groups is 2. The molecule has 2 aromatic rings. The third-order valence-corrected chi connectivity index (χ3v) is 4.69. The third-order valence-electron chi connectivity index (χ3n) is 3.64. The van der Waals surface area contributed by atoms with E-state index in [1.165, 1.54) is 0 Å². The number of nitrogens with one attached hydrogen (secondary N) is 2. The van der Waals surface area contributed by atoms with Crippen molar-refractivity contribution >= 4 is 23.2 Å². The Hall–Kier alpha value is -2.21. The van der Waals surface area contributed by atoms with Gasteiger partial charge in [-0.25, -0.2) is 4.98 Å². The summed E-state index contributed by atoms with van der Waals surface area (Å²) in [4.78, 5) is 28.3. The first-order valence-corrected chi connectivity index (χ1v) is 8.15. The van der Waals surface area contributed by atoms with E-state index in [2.05, 4.69) is 22.5 Å². The van der Waals surface area contributed by atoms with Gasteiger partial charge < -0.3 is 10.6 Å². The summed E-state index contributed by atoms with van der Waals surface area (Å²) in [6, 6.07) is 7.13. The number of rotatable bonds is 5. The third kappa shape index (κ3) is 3.01. The molecule has 0 unspecified atom stereocenters. The van der Waals surface area contributed by atoms with E-state index in [9.17, 15) is 9.59 Å². The van der Waals surface area contributed by atoms with Gasteiger partial charge in [0.15, 0.2) is 0 Å². The van der Waals surface area contributed by atoms with Crippen LogP contribution in [0, 0.1) is 0 Å². The molecule has 0 bridgehead atoms. The van der Waals surface area contributed by atoms with Crippen LogP contribution in [0.5, 0.6) is 0 Å². The number of aryl methyl sites for hydroxylation is 1. The quantitative estimate of drug-likeness (QED) is 0.888. The minimum atomic E-state index is -0.245. The normalized spacial score (nSPS) is 16.2. The van der Waals surface area contributed by atoms with Crippen LogP contribution < -0.4 is 10.6 Å². The minimum Gasteiger partial charge on any atom is -0.350 e. The van der Waals surface area contributed by atoms with Crippen LogP contribution in [0.2, 0.25) is 0 Å². The van der Waals surface area contributed by atoms with E-state index in [0.717, 1.165) is 22.7 Å². The summed E-state index contributed by atoms with van der Waals surface area (Å²) in [5, 5.41) is 8.75. The zero-order chi connectivity index (χ0) is 15.5. The van der Waals surface area contributed by atoms with Gasteiger partial charge in [0.25, 0.3) is 5.91 Å². The fraction of sp³-hybridized carbons (Fsp3) is 0.312. The summed E-state index contributed by atoms with van der Waals surface area (Å²) in [5.74, 6) is -0.200. The molecule has 2 N–H and O–H groups in total. The summed E-state index contributed by atoms with van der Waals surface area (Å²) < 4.78 is 0. The number of carbonyl (C=O) groups excluding carboxylic acids is 2. The maximum Gasteiger partial charge on any atom is 0.252 e. The molecule has 5 nitrogen and oxygen atoms in total. The van der Waals surface area contributed by atoms with Gasteiger partial charge in [0.2, 0.25) is 5.91 Å². The minimum absolute atomic E-state index is 0.0898. The molecule has 0 aliphatic carbocycles. The lowest BCUT2D eigenvalue weighted by Crippen LogP contribution is -2.28. The van der Waals surface area contributed by atoms with E-state index < -0.39 is 0 Å². The van der Waals surface area contributed by atoms with Gasteiger partial charge in [-0.1, -0.05) is 25.1 Å². The Bertz CT molecular complexity index is 711. The van der Waals surface area contributed by atoms with Gasteiger partial charge in [-0.2, -0.15) is 0 Å². The number of hydrogen-bond acceptors (Lipinski definition) is 4. The number of amides is 2. The molecule has 1 aliphatic rings. The van der Waals surface area contributed by atoms with Crippen LogP contribution in [0.25, 0.3) is 0 Å². The largest absolute Gasteiger partial charge is 0.350 e. The fourth-order valence-electron chi connectivity index (χ4n) is 2.52. The zero-order valence-corrected chi connectivity index (χ0v) is 13.1. The van der Waals surface area contributed by atoms with Crippen molar-refractivity contribution in [1.82, 2.24) is 15.6 Å². The highest BCUT2D eigenvalue weighted by Crippen LogP contribution is 2.27. The lowest BCUT2D eigenvalue weighted by atomic mass is 10.0. The summed E-state index contributed by atoms with van der Waals surface area (Å²) in [6.45, 7) is 2.49. The van der Waals surface area contributed by atoms with Crippen molar-refractivity contribution in [2.45, 2.75) is 32.4 Å². The second kappa shape index (κ2) is 6.27. The highest BCUT2D eigenvalue weighted by Gasteiger charge is 2.29. The van der Waals surface area contributed by atoms with E-state index in [4.69, 9.17) is 0 Å². The Balaban J connectivity index is 1.57. The average molecular weight is 315 g/mol. The summed E-state index contributed by atoms with van der Waals surface area (Å²) in [5.41, 5.74) is 2.43. The molecule has 0 radical (unpaired) electrons. The molecule has 1 aromatic carbocycles. The van der Waals surface area contributed by atoms with Gasteiger partial charge in [-0.15, -0.1) is 11.3 Å². The van der Waals surface area contributed by atoms with Crippen molar-refractivity contribution in [1.29, 1.82) is 0 Å². The summed E-state index contributed by atoms with van der Waals surface area (Å²) in [6.07, 6.45) is 1.15. The highest BCUT2D eigenvalue weighted by atomic mass is 32.1. The first kappa shape index (κ1) is 14.7. The van der Waals surface area contributed by atoms with Crippen LogP contribution in [0.15, 0.2) is 29.6 Å². The lowest BCUT2D eigenvalue weighted by molar-refractivity contribution is -0.121. The Morgan fingerprint density at radius 2 is 2.23 bits per heavy atom. The topological polar surface area (TPSA) is 71.1 Å². The van der Waals surface area contributed by atoms with E-state index in [1.54, 1.807) is 17.4 Å². The smallest absolute Gasteiger partial charge is 0.252 e. The van der Waals surface area contributed by atoms with Crippen LogP contribution in [-0.4, -0.2) is 16.8 Å². The Morgan fingerprint density at radius 1 is 1.41 bits per heavy atom. The van der Waals surface area contributed by atoms with Gasteiger partial charge in [0.1, 0.15) is 0 Å². The molecule has 1 atom stereocenters. The van der Waals surface area contributed by atoms with Crippen molar-refractivity contribution in [3.8, 4) is 0 Å². The second-order valence-corrected chi connectivity index (χ2v) is 6.12. The molecule has 6 heteroatoms. The number of thiazole rings is 1. The number of fused-ring (bicyclic) bond motifs is 1. The van der Waals surface area contributed by atoms with Crippen molar-refractivity contribution in [2.24, 2.45) is 0 Å². The molecule has 2 heterocycles. The Labute approximate surface area is 132 Å². The van der Waals surface area contributed by atoms with Crippen LogP contribution in [0.1, 0.15) is 46.0 Å². The van der Waals surface area contributed by atoms with Crippen molar-refractivity contribution in [3.05, 3.63) is 51.5 Å². The van der Waals surface area contributed by atoms with Crippen LogP contribution in [-0.2, 0) is 17.8 Å². The van der Waals surface area contributed by atoms with Crippen molar-refractivity contribution in [2.75, 3.05) is 0 Å². The maximum atomic E-state index is 12.1. The number of benzene rings is 1. The van der Waals surface area contributed by atoms with E-state index in [0.29, 0.717) is 12.1 Å². The molecule has 0 saturated heterocycles. The molecule has 3 rings (SSSR count). The van der Waals surface area contributed by atoms with Crippen LogP contribution in [0.3, 0.4) is 0 Å². The van der Waals surface area contributed by atoms with Gasteiger partial charge in [0, 0.05) is 10.9 Å². The van der Waals surface area contributed by atoms with Gasteiger partial charge in [-0.3, -0.25) is 9.59 Å². The fourth-order valence-corrected chi connectivity index (χ4v) is 3.27. The molecular formula is C16H17N3O2S. The van der Waals surface area contributed by atoms with Gasteiger partial charge in [-0.05, 0) is 18.1 Å². The van der Waals surface area contributed by atoms with Crippen LogP contribution >= 0.6 is 11.3 Å². The first-order chi connectivity index (χ1) is 10.7. The van der Waals surface area contributed by atoms with Crippen molar-refractivity contribution < 1.29 is 9.59 Å². The Morgan fingerprint density at radius 3 is 3.00 bits per heavy atom. The highest BCUT2D eigenvalue weighted by molar-refractivity contribution is 7.09. The standard InChI is InChI=1S/C16H17N3O2S/c1-2-15-18-10(9-22-15)8-17-14(20)7-13-11-5-3-4-6-12(11)16(21)19-13/h3-6,9,13H,2,7-8H2,1H3,(H,17,20)(H,19,21)/t13-/m0/s1. The molecule has 0 spiro atoms. The monoisotopic (exact) mass is 315 g/mol. The number of nitrogens with zero attached hydrogens (tertiary/aromatic N) is 1. The second-order valence-electron chi connectivity index (χ2n) is 5.18. The average Bonchev–Trinajstić information content (AvgIpc) is 3.11.